The van der Waals surface area contributed by atoms with Crippen molar-refractivity contribution in [3.8, 4) is 0 Å². The zero-order valence-corrected chi connectivity index (χ0v) is 13.6. The maximum Gasteiger partial charge on any atom is 0.139 e. The lowest BCUT2D eigenvalue weighted by Crippen LogP contribution is -2.54. The van der Waals surface area contributed by atoms with E-state index in [-0.39, 0.29) is 11.5 Å². The van der Waals surface area contributed by atoms with Gasteiger partial charge >= 0.3 is 0 Å². The zero-order valence-electron chi connectivity index (χ0n) is 13.6. The molecule has 0 amide bonds. The maximum atomic E-state index is 12.4. The van der Waals surface area contributed by atoms with Crippen LogP contribution in [0.5, 0.6) is 0 Å². The number of carbonyl (C=O) groups excluding carboxylic acids is 1. The second-order valence-electron chi connectivity index (χ2n) is 9.00. The monoisotopic (exact) mass is 290 g/mol. The lowest BCUT2D eigenvalue weighted by molar-refractivity contribution is -0.142. The Morgan fingerprint density at radius 2 is 1.81 bits per heavy atom. The van der Waals surface area contributed by atoms with E-state index in [0.29, 0.717) is 17.1 Å². The van der Waals surface area contributed by atoms with Crippen molar-refractivity contribution in [3.63, 3.8) is 0 Å². The van der Waals surface area contributed by atoms with E-state index in [4.69, 9.17) is 0 Å². The van der Waals surface area contributed by atoms with Gasteiger partial charge in [-0.25, -0.2) is 0 Å². The van der Waals surface area contributed by atoms with E-state index in [1.807, 2.05) is 0 Å². The molecule has 0 aromatic rings. The van der Waals surface area contributed by atoms with Gasteiger partial charge in [0.2, 0.25) is 0 Å². The van der Waals surface area contributed by atoms with Gasteiger partial charge in [0.1, 0.15) is 5.78 Å². The number of aliphatic hydroxyl groups is 1. The molecule has 4 fully saturated rings. The van der Waals surface area contributed by atoms with Crippen LogP contribution in [-0.2, 0) is 4.79 Å². The number of carbonyl (C=O) groups is 1. The Morgan fingerprint density at radius 1 is 1.00 bits per heavy atom. The Morgan fingerprint density at radius 3 is 2.62 bits per heavy atom. The molecule has 21 heavy (non-hydrogen) atoms. The van der Waals surface area contributed by atoms with Gasteiger partial charge < -0.3 is 5.11 Å². The van der Waals surface area contributed by atoms with E-state index in [2.05, 4.69) is 13.8 Å². The van der Waals surface area contributed by atoms with Crippen LogP contribution in [0.4, 0.5) is 0 Å². The van der Waals surface area contributed by atoms with Crippen LogP contribution in [-0.4, -0.2) is 17.0 Å². The normalized spacial score (nSPS) is 56.5. The molecular weight excluding hydrogens is 260 g/mol. The predicted octanol–water partition coefficient (Wildman–Crippen LogP) is 3.96. The number of ketones is 1. The SMILES string of the molecule is CC12CCC3C(CCC4CC(O)CC[C@@]43C)C1CCC2=O. The van der Waals surface area contributed by atoms with Crippen molar-refractivity contribution in [1.82, 2.24) is 0 Å². The van der Waals surface area contributed by atoms with Gasteiger partial charge in [-0.2, -0.15) is 0 Å². The van der Waals surface area contributed by atoms with Crippen molar-refractivity contribution in [2.45, 2.75) is 77.7 Å². The summed E-state index contributed by atoms with van der Waals surface area (Å²) < 4.78 is 0. The van der Waals surface area contributed by atoms with Crippen molar-refractivity contribution in [2.75, 3.05) is 0 Å². The lowest BCUT2D eigenvalue weighted by atomic mass is 9.45. The van der Waals surface area contributed by atoms with Gasteiger partial charge in [-0.3, -0.25) is 4.79 Å². The molecule has 7 atom stereocenters. The Hall–Kier alpha value is -0.370. The van der Waals surface area contributed by atoms with Crippen molar-refractivity contribution < 1.29 is 9.90 Å². The van der Waals surface area contributed by atoms with Crippen LogP contribution < -0.4 is 0 Å². The molecule has 0 spiro atoms. The van der Waals surface area contributed by atoms with Crippen molar-refractivity contribution >= 4 is 5.78 Å². The second-order valence-corrected chi connectivity index (χ2v) is 9.00. The summed E-state index contributed by atoms with van der Waals surface area (Å²) >= 11 is 0. The molecule has 0 radical (unpaired) electrons. The molecule has 0 bridgehead atoms. The fourth-order valence-corrected chi connectivity index (χ4v) is 7.01. The van der Waals surface area contributed by atoms with E-state index in [0.717, 1.165) is 49.9 Å². The van der Waals surface area contributed by atoms with Crippen molar-refractivity contribution in [2.24, 2.45) is 34.5 Å². The van der Waals surface area contributed by atoms with E-state index in [9.17, 15) is 9.90 Å². The highest BCUT2D eigenvalue weighted by Gasteiger charge is 2.60. The maximum absolute atomic E-state index is 12.4. The van der Waals surface area contributed by atoms with Crippen molar-refractivity contribution in [3.05, 3.63) is 0 Å². The Kier molecular flexibility index (Phi) is 3.10. The highest BCUT2D eigenvalue weighted by Crippen LogP contribution is 2.65. The van der Waals surface area contributed by atoms with Crippen LogP contribution in [0.1, 0.15) is 71.6 Å². The summed E-state index contributed by atoms with van der Waals surface area (Å²) in [6.07, 6.45) is 10.1. The van der Waals surface area contributed by atoms with Crippen LogP contribution in [0.25, 0.3) is 0 Å². The first kappa shape index (κ1) is 14.2. The van der Waals surface area contributed by atoms with E-state index in [1.165, 1.54) is 25.7 Å². The second kappa shape index (κ2) is 4.57. The molecule has 2 heteroatoms. The largest absolute Gasteiger partial charge is 0.393 e. The molecule has 1 N–H and O–H groups in total. The number of fused-ring (bicyclic) bond motifs is 5. The van der Waals surface area contributed by atoms with Crippen LogP contribution in [0.2, 0.25) is 0 Å². The van der Waals surface area contributed by atoms with Crippen LogP contribution in [0, 0.1) is 34.5 Å². The van der Waals surface area contributed by atoms with Gasteiger partial charge in [0.15, 0.2) is 0 Å². The molecule has 0 heterocycles. The van der Waals surface area contributed by atoms with Gasteiger partial charge in [-0.05, 0) is 80.5 Å². The van der Waals surface area contributed by atoms with E-state index < -0.39 is 0 Å². The van der Waals surface area contributed by atoms with Crippen LogP contribution >= 0.6 is 0 Å². The van der Waals surface area contributed by atoms with E-state index >= 15 is 0 Å². The Bertz CT molecular complexity index is 458. The summed E-state index contributed by atoms with van der Waals surface area (Å²) in [4.78, 5) is 12.4. The highest BCUT2D eigenvalue weighted by molar-refractivity contribution is 5.87. The molecule has 4 rings (SSSR count). The highest BCUT2D eigenvalue weighted by atomic mass is 16.3. The minimum atomic E-state index is -0.0541. The summed E-state index contributed by atoms with van der Waals surface area (Å²) in [6.45, 7) is 4.78. The number of hydrogen-bond donors (Lipinski definition) is 1. The van der Waals surface area contributed by atoms with Crippen LogP contribution in [0.15, 0.2) is 0 Å². The minimum Gasteiger partial charge on any atom is -0.393 e. The third-order valence-corrected chi connectivity index (χ3v) is 8.35. The van der Waals surface area contributed by atoms with Gasteiger partial charge in [-0.1, -0.05) is 13.8 Å². The molecule has 6 unspecified atom stereocenters. The summed E-state index contributed by atoms with van der Waals surface area (Å²) in [5.74, 6) is 3.54. The lowest BCUT2D eigenvalue weighted by Gasteiger charge is -2.60. The van der Waals surface area contributed by atoms with Crippen molar-refractivity contribution in [1.29, 1.82) is 0 Å². The Labute approximate surface area is 128 Å². The quantitative estimate of drug-likeness (QED) is 0.733. The molecule has 0 aliphatic heterocycles. The topological polar surface area (TPSA) is 37.3 Å². The average molecular weight is 290 g/mol. The first-order valence-corrected chi connectivity index (χ1v) is 9.16. The summed E-state index contributed by atoms with van der Waals surface area (Å²) in [5.41, 5.74) is 0.452. The average Bonchev–Trinajstić information content (AvgIpc) is 2.76. The van der Waals surface area contributed by atoms with Gasteiger partial charge in [0, 0.05) is 11.8 Å². The molecule has 4 aliphatic rings. The van der Waals surface area contributed by atoms with Gasteiger partial charge in [0.25, 0.3) is 0 Å². The minimum absolute atomic E-state index is 0.0124. The zero-order chi connectivity index (χ0) is 14.8. The fraction of sp³-hybridized carbons (Fsp3) is 0.947. The standard InChI is InChI=1S/C19H30O2/c1-18-9-7-13(20)11-12(18)3-4-14-15-5-6-17(21)19(15,2)10-8-16(14)18/h12-16,20H,3-11H2,1-2H3/t12?,13?,14?,15?,16?,18-,19?/m0/s1. The summed E-state index contributed by atoms with van der Waals surface area (Å²) in [5, 5.41) is 10.0. The fourth-order valence-electron chi connectivity index (χ4n) is 7.01. The molecule has 118 valence electrons. The smallest absolute Gasteiger partial charge is 0.139 e. The number of rotatable bonds is 0. The van der Waals surface area contributed by atoms with Gasteiger partial charge in [-0.15, -0.1) is 0 Å². The first-order chi connectivity index (χ1) is 9.95. The molecule has 0 aromatic carbocycles. The molecule has 0 saturated heterocycles. The summed E-state index contributed by atoms with van der Waals surface area (Å²) in [7, 11) is 0. The molecule has 0 aromatic heterocycles. The van der Waals surface area contributed by atoms with E-state index in [1.54, 1.807) is 0 Å². The third-order valence-electron chi connectivity index (χ3n) is 8.35. The number of aliphatic hydroxyl groups excluding tert-OH is 1. The molecule has 4 aliphatic carbocycles. The summed E-state index contributed by atoms with van der Waals surface area (Å²) in [6, 6.07) is 0. The van der Waals surface area contributed by atoms with Gasteiger partial charge in [0.05, 0.1) is 6.10 Å². The predicted molar refractivity (Wildman–Crippen MR) is 82.7 cm³/mol. The number of hydrogen-bond acceptors (Lipinski definition) is 2. The molecule has 4 saturated carbocycles. The molecular formula is C19H30O2. The third kappa shape index (κ3) is 1.84. The number of Topliss-reactive ketones (excluding diaryl/α,β-unsaturated/α-hetero) is 1. The molecule has 2 nitrogen and oxygen atoms in total. The van der Waals surface area contributed by atoms with Crippen LogP contribution in [0.3, 0.4) is 0 Å². The Balaban J connectivity index is 1.64. The first-order valence-electron chi connectivity index (χ1n) is 9.16.